The zero-order valence-electron chi connectivity index (χ0n) is 11.5. The second kappa shape index (κ2) is 6.19. The van der Waals surface area contributed by atoms with Crippen molar-refractivity contribution in [2.45, 2.75) is 12.5 Å². The van der Waals surface area contributed by atoms with Gasteiger partial charge >= 0.3 is 0 Å². The number of nitro groups is 1. The minimum Gasteiger partial charge on any atom is -0.354 e. The summed E-state index contributed by atoms with van der Waals surface area (Å²) >= 11 is 0. The summed E-state index contributed by atoms with van der Waals surface area (Å²) in [5.41, 5.74) is 1.25. The number of aromatic nitrogens is 2. The highest BCUT2D eigenvalue weighted by Crippen LogP contribution is 2.21. The van der Waals surface area contributed by atoms with E-state index in [9.17, 15) is 10.1 Å². The summed E-state index contributed by atoms with van der Waals surface area (Å²) in [6.07, 6.45) is 2.75. The molecule has 1 saturated heterocycles. The third kappa shape index (κ3) is 3.03. The molecule has 2 heterocycles. The number of nitrogens with one attached hydrogen (secondary N) is 1. The average Bonchev–Trinajstić information content (AvgIpc) is 2.99. The van der Waals surface area contributed by atoms with Crippen molar-refractivity contribution in [1.82, 2.24) is 15.3 Å². The zero-order chi connectivity index (χ0) is 14.1. The summed E-state index contributed by atoms with van der Waals surface area (Å²) < 4.78 is 0. The van der Waals surface area contributed by atoms with E-state index in [1.54, 1.807) is 12.3 Å². The van der Waals surface area contributed by atoms with Crippen LogP contribution in [0.15, 0.2) is 24.4 Å². The van der Waals surface area contributed by atoms with Gasteiger partial charge in [-0.3, -0.25) is 15.1 Å². The van der Waals surface area contributed by atoms with E-state index in [2.05, 4.69) is 20.2 Å². The highest BCUT2D eigenvalue weighted by molar-refractivity contribution is 5.85. The monoisotopic (exact) mass is 309 g/mol. The fraction of sp³-hybridized carbons (Fsp3) is 0.385. The Labute approximate surface area is 127 Å². The number of anilines is 1. The van der Waals surface area contributed by atoms with Crippen molar-refractivity contribution in [2.24, 2.45) is 0 Å². The minimum atomic E-state index is -0.425. The molecule has 8 heteroatoms. The number of nitrogens with zero attached hydrogens (tertiary/aromatic N) is 4. The first-order valence-electron chi connectivity index (χ1n) is 6.50. The number of halogens is 1. The van der Waals surface area contributed by atoms with Crippen LogP contribution in [-0.2, 0) is 0 Å². The first-order valence-corrected chi connectivity index (χ1v) is 6.50. The molecule has 1 fully saturated rings. The predicted molar refractivity (Wildman–Crippen MR) is 83.1 cm³/mol. The molecular weight excluding hydrogens is 294 g/mol. The Morgan fingerprint density at radius 3 is 2.90 bits per heavy atom. The Morgan fingerprint density at radius 2 is 2.24 bits per heavy atom. The first-order chi connectivity index (χ1) is 9.65. The van der Waals surface area contributed by atoms with Crippen molar-refractivity contribution in [2.75, 3.05) is 25.0 Å². The van der Waals surface area contributed by atoms with Crippen LogP contribution in [0.2, 0.25) is 0 Å². The van der Waals surface area contributed by atoms with Crippen LogP contribution in [-0.4, -0.2) is 41.1 Å². The highest BCUT2D eigenvalue weighted by atomic mass is 35.5. The number of fused-ring (bicyclic) bond motifs is 1. The average molecular weight is 310 g/mol. The Kier molecular flexibility index (Phi) is 4.54. The van der Waals surface area contributed by atoms with E-state index in [0.29, 0.717) is 17.1 Å². The van der Waals surface area contributed by atoms with Gasteiger partial charge in [-0.1, -0.05) is 0 Å². The molecule has 0 amide bonds. The molecule has 0 unspecified atom stereocenters. The van der Waals surface area contributed by atoms with Crippen LogP contribution in [0.4, 0.5) is 11.5 Å². The predicted octanol–water partition coefficient (Wildman–Crippen LogP) is 1.76. The molecule has 1 aliphatic rings. The Morgan fingerprint density at radius 1 is 1.43 bits per heavy atom. The van der Waals surface area contributed by atoms with Crippen molar-refractivity contribution in [3.8, 4) is 0 Å². The van der Waals surface area contributed by atoms with Gasteiger partial charge in [-0.2, -0.15) is 0 Å². The van der Waals surface area contributed by atoms with E-state index >= 15 is 0 Å². The van der Waals surface area contributed by atoms with Gasteiger partial charge in [0.15, 0.2) is 0 Å². The quantitative estimate of drug-likeness (QED) is 0.687. The van der Waals surface area contributed by atoms with Crippen molar-refractivity contribution in [3.05, 3.63) is 34.5 Å². The maximum atomic E-state index is 10.7. The fourth-order valence-corrected chi connectivity index (χ4v) is 2.43. The van der Waals surface area contributed by atoms with Crippen LogP contribution >= 0.6 is 12.4 Å². The summed E-state index contributed by atoms with van der Waals surface area (Å²) in [4.78, 5) is 21.2. The standard InChI is InChI=1S/C13H15N5O2.ClH/c1-17(10-4-5-14-7-10)13-8-15-12-6-9(18(19)20)2-3-11(12)16-13;/h2-3,6,8,10,14H,4-5,7H2,1H3;1H/t10-;/m0./s1. The normalized spacial score (nSPS) is 17.5. The van der Waals surface area contributed by atoms with Gasteiger partial charge in [-0.25, -0.2) is 4.98 Å². The molecule has 3 rings (SSSR count). The number of rotatable bonds is 3. The van der Waals surface area contributed by atoms with Gasteiger partial charge in [0.25, 0.3) is 5.69 Å². The molecule has 0 bridgehead atoms. The maximum Gasteiger partial charge on any atom is 0.271 e. The molecule has 0 spiro atoms. The number of hydrogen-bond acceptors (Lipinski definition) is 6. The number of nitro benzene ring substituents is 1. The number of benzene rings is 1. The van der Waals surface area contributed by atoms with E-state index in [1.807, 2.05) is 7.05 Å². The molecule has 112 valence electrons. The lowest BCUT2D eigenvalue weighted by Gasteiger charge is -2.24. The molecule has 1 aromatic carbocycles. The van der Waals surface area contributed by atoms with Crippen molar-refractivity contribution < 1.29 is 4.92 Å². The Balaban J connectivity index is 0.00000161. The largest absolute Gasteiger partial charge is 0.354 e. The molecule has 1 aliphatic heterocycles. The van der Waals surface area contributed by atoms with E-state index < -0.39 is 4.92 Å². The molecule has 1 N–H and O–H groups in total. The van der Waals surface area contributed by atoms with Crippen LogP contribution in [0.5, 0.6) is 0 Å². The van der Waals surface area contributed by atoms with Crippen LogP contribution in [0.3, 0.4) is 0 Å². The lowest BCUT2D eigenvalue weighted by molar-refractivity contribution is -0.384. The molecular formula is C13H16ClN5O2. The Bertz CT molecular complexity index is 660. The van der Waals surface area contributed by atoms with Crippen LogP contribution in [0.1, 0.15) is 6.42 Å². The van der Waals surface area contributed by atoms with Gasteiger partial charge in [0.1, 0.15) is 5.82 Å². The summed E-state index contributed by atoms with van der Waals surface area (Å²) in [5, 5.41) is 14.1. The third-order valence-corrected chi connectivity index (χ3v) is 3.67. The highest BCUT2D eigenvalue weighted by Gasteiger charge is 2.20. The summed E-state index contributed by atoms with van der Waals surface area (Å²) in [6, 6.07) is 4.96. The zero-order valence-corrected chi connectivity index (χ0v) is 12.3. The van der Waals surface area contributed by atoms with Gasteiger partial charge in [-0.05, 0) is 19.0 Å². The van der Waals surface area contributed by atoms with Gasteiger partial charge in [0, 0.05) is 31.8 Å². The van der Waals surface area contributed by atoms with E-state index in [1.165, 1.54) is 12.1 Å². The van der Waals surface area contributed by atoms with Gasteiger partial charge in [0.05, 0.1) is 22.2 Å². The summed E-state index contributed by atoms with van der Waals surface area (Å²) in [6.45, 7) is 1.96. The summed E-state index contributed by atoms with van der Waals surface area (Å²) in [7, 11) is 2.00. The van der Waals surface area contributed by atoms with E-state index in [4.69, 9.17) is 0 Å². The van der Waals surface area contributed by atoms with Crippen molar-refractivity contribution in [1.29, 1.82) is 0 Å². The maximum absolute atomic E-state index is 10.7. The minimum absolute atomic E-state index is 0. The SMILES string of the molecule is CN(c1cnc2cc([N+](=O)[O-])ccc2n1)[C@H]1CCNC1.Cl. The number of hydrogen-bond donors (Lipinski definition) is 1. The Hall–Kier alpha value is -1.99. The molecule has 1 aromatic heterocycles. The number of non-ortho nitro benzene ring substituents is 1. The molecule has 2 aromatic rings. The third-order valence-electron chi connectivity index (χ3n) is 3.67. The van der Waals surface area contributed by atoms with Crippen LogP contribution < -0.4 is 10.2 Å². The molecule has 0 radical (unpaired) electrons. The lowest BCUT2D eigenvalue weighted by Crippen LogP contribution is -2.33. The van der Waals surface area contributed by atoms with Crippen molar-refractivity contribution in [3.63, 3.8) is 0 Å². The van der Waals surface area contributed by atoms with Crippen molar-refractivity contribution >= 4 is 34.9 Å². The van der Waals surface area contributed by atoms with E-state index in [-0.39, 0.29) is 18.1 Å². The van der Waals surface area contributed by atoms with Crippen LogP contribution in [0.25, 0.3) is 11.0 Å². The van der Waals surface area contributed by atoms with Gasteiger partial charge in [0.2, 0.25) is 0 Å². The lowest BCUT2D eigenvalue weighted by atomic mass is 10.2. The number of likely N-dealkylation sites (N-methyl/N-ethyl adjacent to an activating group) is 1. The fourth-order valence-electron chi connectivity index (χ4n) is 2.43. The second-order valence-electron chi connectivity index (χ2n) is 4.92. The molecule has 21 heavy (non-hydrogen) atoms. The summed E-state index contributed by atoms with van der Waals surface area (Å²) in [5.74, 6) is 0.792. The van der Waals surface area contributed by atoms with Crippen LogP contribution in [0, 0.1) is 10.1 Å². The van der Waals surface area contributed by atoms with Gasteiger partial charge in [-0.15, -0.1) is 12.4 Å². The smallest absolute Gasteiger partial charge is 0.271 e. The topological polar surface area (TPSA) is 84.2 Å². The van der Waals surface area contributed by atoms with Gasteiger partial charge < -0.3 is 10.2 Å². The second-order valence-corrected chi connectivity index (χ2v) is 4.92. The molecule has 0 aliphatic carbocycles. The first kappa shape index (κ1) is 15.4. The molecule has 1 atom stereocenters. The molecule has 0 saturated carbocycles. The molecule has 7 nitrogen and oxygen atoms in total. The van der Waals surface area contributed by atoms with E-state index in [0.717, 1.165) is 25.3 Å².